The lowest BCUT2D eigenvalue weighted by Gasteiger charge is -2.22. The zero-order chi connectivity index (χ0) is 17.5. The Balaban J connectivity index is 1.97. The molecule has 0 saturated heterocycles. The number of rotatable bonds is 8. The molecular weight excluding hydrogens is 342 g/mol. The topological polar surface area (TPSA) is 75.4 Å². The van der Waals surface area contributed by atoms with E-state index in [2.05, 4.69) is 5.32 Å². The lowest BCUT2D eigenvalue weighted by atomic mass is 10.1. The Labute approximate surface area is 150 Å². The minimum Gasteiger partial charge on any atom is -0.346 e. The molecule has 2 aromatic heterocycles. The molecule has 7 heteroatoms. The second kappa shape index (κ2) is 8.96. The number of nitrogens with one attached hydrogen (secondary N) is 1. The maximum atomic E-state index is 12.6. The molecule has 3 N–H and O–H groups in total. The van der Waals surface area contributed by atoms with Crippen molar-refractivity contribution in [1.82, 2.24) is 10.2 Å². The van der Waals surface area contributed by atoms with Crippen molar-refractivity contribution in [2.75, 3.05) is 6.54 Å². The van der Waals surface area contributed by atoms with Crippen molar-refractivity contribution < 1.29 is 9.59 Å². The highest BCUT2D eigenvalue weighted by atomic mass is 32.1. The number of thiophene rings is 2. The van der Waals surface area contributed by atoms with E-state index in [1.165, 1.54) is 0 Å². The van der Waals surface area contributed by atoms with Crippen molar-refractivity contribution in [3.8, 4) is 0 Å². The molecule has 0 radical (unpaired) electrons. The van der Waals surface area contributed by atoms with Gasteiger partial charge in [0, 0.05) is 9.75 Å². The zero-order valence-electron chi connectivity index (χ0n) is 13.9. The summed E-state index contributed by atoms with van der Waals surface area (Å²) in [7, 11) is 0. The minimum absolute atomic E-state index is 0.0317. The van der Waals surface area contributed by atoms with Crippen LogP contribution < -0.4 is 11.1 Å². The van der Waals surface area contributed by atoms with Gasteiger partial charge in [-0.15, -0.1) is 22.7 Å². The van der Waals surface area contributed by atoms with Crippen molar-refractivity contribution in [3.05, 3.63) is 44.8 Å². The van der Waals surface area contributed by atoms with E-state index in [1.54, 1.807) is 27.6 Å². The Morgan fingerprint density at radius 3 is 2.08 bits per heavy atom. The third kappa shape index (κ3) is 5.43. The second-order valence-corrected chi connectivity index (χ2v) is 7.96. The summed E-state index contributed by atoms with van der Waals surface area (Å²) in [4.78, 5) is 28.5. The molecular formula is C17H23N3O2S2. The van der Waals surface area contributed by atoms with E-state index < -0.39 is 6.04 Å². The van der Waals surface area contributed by atoms with Crippen molar-refractivity contribution in [3.63, 3.8) is 0 Å². The summed E-state index contributed by atoms with van der Waals surface area (Å²) in [5, 5.41) is 6.64. The van der Waals surface area contributed by atoms with Gasteiger partial charge in [-0.2, -0.15) is 0 Å². The van der Waals surface area contributed by atoms with E-state index in [1.807, 2.05) is 48.9 Å². The summed E-state index contributed by atoms with van der Waals surface area (Å²) in [5.41, 5.74) is 5.81. The number of hydrogen-bond donors (Lipinski definition) is 2. The Bertz CT molecular complexity index is 603. The molecule has 0 unspecified atom stereocenters. The van der Waals surface area contributed by atoms with Gasteiger partial charge in [-0.25, -0.2) is 0 Å². The average Bonchev–Trinajstić information content (AvgIpc) is 3.24. The van der Waals surface area contributed by atoms with Gasteiger partial charge in [0.25, 0.3) is 0 Å². The highest BCUT2D eigenvalue weighted by Crippen LogP contribution is 2.17. The van der Waals surface area contributed by atoms with Gasteiger partial charge in [0.1, 0.15) is 0 Å². The van der Waals surface area contributed by atoms with Crippen LogP contribution in [0.2, 0.25) is 0 Å². The molecule has 2 rings (SSSR count). The fourth-order valence-corrected chi connectivity index (χ4v) is 3.55. The molecule has 0 bridgehead atoms. The molecule has 24 heavy (non-hydrogen) atoms. The molecule has 0 saturated carbocycles. The lowest BCUT2D eigenvalue weighted by molar-refractivity contribution is -0.134. The van der Waals surface area contributed by atoms with Gasteiger partial charge >= 0.3 is 0 Å². The molecule has 0 spiro atoms. The summed E-state index contributed by atoms with van der Waals surface area (Å²) < 4.78 is 0. The van der Waals surface area contributed by atoms with Crippen molar-refractivity contribution in [1.29, 1.82) is 0 Å². The fraction of sp³-hybridized carbons (Fsp3) is 0.412. The fourth-order valence-electron chi connectivity index (χ4n) is 2.11. The highest BCUT2D eigenvalue weighted by Gasteiger charge is 2.20. The summed E-state index contributed by atoms with van der Waals surface area (Å²) in [6.07, 6.45) is 0. The third-order valence-electron chi connectivity index (χ3n) is 3.64. The van der Waals surface area contributed by atoms with Gasteiger partial charge in [0.2, 0.25) is 11.8 Å². The quantitative estimate of drug-likeness (QED) is 0.754. The van der Waals surface area contributed by atoms with Crippen molar-refractivity contribution >= 4 is 34.5 Å². The standard InChI is InChI=1S/C17H23N3O2S2/c1-12(2)16(18)17(22)19-9-15(21)20(10-13-5-3-7-23-13)11-14-6-4-8-24-14/h3-8,12,16H,9-11,18H2,1-2H3,(H,19,22)/t16-/m0/s1. The Morgan fingerprint density at radius 1 is 1.12 bits per heavy atom. The monoisotopic (exact) mass is 365 g/mol. The first kappa shape index (κ1) is 18.6. The van der Waals surface area contributed by atoms with Gasteiger partial charge in [-0.05, 0) is 28.8 Å². The number of nitrogens with zero attached hydrogens (tertiary/aromatic N) is 1. The molecule has 2 heterocycles. The molecule has 2 aromatic rings. The van der Waals surface area contributed by atoms with Gasteiger partial charge < -0.3 is 16.0 Å². The van der Waals surface area contributed by atoms with E-state index in [0.29, 0.717) is 13.1 Å². The van der Waals surface area contributed by atoms with Crippen LogP contribution in [0.1, 0.15) is 23.6 Å². The van der Waals surface area contributed by atoms with Gasteiger partial charge in [-0.1, -0.05) is 26.0 Å². The molecule has 1 atom stereocenters. The summed E-state index contributed by atoms with van der Waals surface area (Å²) in [6.45, 7) is 4.81. The number of nitrogens with two attached hydrogens (primary N) is 1. The van der Waals surface area contributed by atoms with Crippen LogP contribution in [0.5, 0.6) is 0 Å². The summed E-state index contributed by atoms with van der Waals surface area (Å²) >= 11 is 3.23. The van der Waals surface area contributed by atoms with Crippen molar-refractivity contribution in [2.45, 2.75) is 33.0 Å². The Hall–Kier alpha value is -1.70. The van der Waals surface area contributed by atoms with Crippen LogP contribution in [0, 0.1) is 5.92 Å². The predicted molar refractivity (Wildman–Crippen MR) is 98.7 cm³/mol. The number of hydrogen-bond acceptors (Lipinski definition) is 5. The van der Waals surface area contributed by atoms with Crippen LogP contribution in [0.3, 0.4) is 0 Å². The largest absolute Gasteiger partial charge is 0.346 e. The predicted octanol–water partition coefficient (Wildman–Crippen LogP) is 2.44. The first-order valence-electron chi connectivity index (χ1n) is 7.83. The zero-order valence-corrected chi connectivity index (χ0v) is 15.5. The molecule has 0 aliphatic rings. The minimum atomic E-state index is -0.596. The number of amides is 2. The van der Waals surface area contributed by atoms with Gasteiger partial charge in [-0.3, -0.25) is 9.59 Å². The Morgan fingerprint density at radius 2 is 1.67 bits per heavy atom. The van der Waals surface area contributed by atoms with Crippen LogP contribution in [0.25, 0.3) is 0 Å². The van der Waals surface area contributed by atoms with E-state index >= 15 is 0 Å². The molecule has 0 aliphatic heterocycles. The van der Waals surface area contributed by atoms with Gasteiger partial charge in [0.05, 0.1) is 25.7 Å². The maximum absolute atomic E-state index is 12.6. The first-order valence-corrected chi connectivity index (χ1v) is 9.59. The smallest absolute Gasteiger partial charge is 0.242 e. The van der Waals surface area contributed by atoms with E-state index in [-0.39, 0.29) is 24.3 Å². The Kier molecular flexibility index (Phi) is 6.96. The maximum Gasteiger partial charge on any atom is 0.242 e. The van der Waals surface area contributed by atoms with E-state index in [4.69, 9.17) is 5.73 Å². The third-order valence-corrected chi connectivity index (χ3v) is 5.36. The van der Waals surface area contributed by atoms with E-state index in [9.17, 15) is 9.59 Å². The van der Waals surface area contributed by atoms with Crippen LogP contribution in [-0.2, 0) is 22.7 Å². The summed E-state index contributed by atoms with van der Waals surface area (Å²) in [5.74, 6) is -0.361. The molecule has 130 valence electrons. The van der Waals surface area contributed by atoms with Crippen LogP contribution >= 0.6 is 22.7 Å². The molecule has 0 aliphatic carbocycles. The van der Waals surface area contributed by atoms with Crippen LogP contribution in [-0.4, -0.2) is 29.3 Å². The normalized spacial score (nSPS) is 12.2. The molecule has 5 nitrogen and oxygen atoms in total. The second-order valence-electron chi connectivity index (χ2n) is 5.90. The lowest BCUT2D eigenvalue weighted by Crippen LogP contribution is -2.47. The molecule has 0 fully saturated rings. The molecule has 2 amide bonds. The summed E-state index contributed by atoms with van der Waals surface area (Å²) in [6, 6.07) is 7.36. The molecule has 0 aromatic carbocycles. The van der Waals surface area contributed by atoms with Crippen LogP contribution in [0.4, 0.5) is 0 Å². The van der Waals surface area contributed by atoms with Crippen molar-refractivity contribution in [2.24, 2.45) is 11.7 Å². The number of carbonyl (C=O) groups excluding carboxylic acids is 2. The highest BCUT2D eigenvalue weighted by molar-refractivity contribution is 7.10. The van der Waals surface area contributed by atoms with E-state index in [0.717, 1.165) is 9.75 Å². The SMILES string of the molecule is CC(C)[C@H](N)C(=O)NCC(=O)N(Cc1cccs1)Cc1cccs1. The van der Waals surface area contributed by atoms with Crippen LogP contribution in [0.15, 0.2) is 35.0 Å². The first-order chi connectivity index (χ1) is 11.5. The van der Waals surface area contributed by atoms with Gasteiger partial charge in [0.15, 0.2) is 0 Å². The average molecular weight is 366 g/mol. The number of carbonyl (C=O) groups is 2.